The lowest BCUT2D eigenvalue weighted by atomic mass is 9.83. The monoisotopic (exact) mass is 278 g/mol. The lowest BCUT2D eigenvalue weighted by Crippen LogP contribution is -2.40. The van der Waals surface area contributed by atoms with E-state index in [0.717, 1.165) is 11.6 Å². The van der Waals surface area contributed by atoms with E-state index >= 15 is 0 Å². The number of nitrogens with two attached hydrogens (primary N) is 1. The van der Waals surface area contributed by atoms with Crippen LogP contribution in [0.5, 0.6) is 0 Å². The molecule has 1 heterocycles. The Morgan fingerprint density at radius 3 is 2.50 bits per heavy atom. The van der Waals surface area contributed by atoms with Gasteiger partial charge in [0.2, 0.25) is 0 Å². The summed E-state index contributed by atoms with van der Waals surface area (Å²) in [4.78, 5) is 2.50. The highest BCUT2D eigenvalue weighted by Gasteiger charge is 2.28. The molecule has 0 bridgehead atoms. The zero-order valence-corrected chi connectivity index (χ0v) is 13.5. The molecule has 1 saturated carbocycles. The summed E-state index contributed by atoms with van der Waals surface area (Å²) in [5.41, 5.74) is 8.46. The quantitative estimate of drug-likeness (QED) is 0.900. The summed E-state index contributed by atoms with van der Waals surface area (Å²) in [5, 5.41) is 4.47. The fourth-order valence-corrected chi connectivity index (χ4v) is 3.67. The van der Waals surface area contributed by atoms with Gasteiger partial charge in [0.05, 0.1) is 11.7 Å². The predicted octanol–water partition coefficient (Wildman–Crippen LogP) is 2.63. The minimum atomic E-state index is 0.298. The molecule has 2 N–H and O–H groups in total. The van der Waals surface area contributed by atoms with Crippen molar-refractivity contribution in [3.8, 4) is 0 Å². The van der Waals surface area contributed by atoms with Gasteiger partial charge in [-0.2, -0.15) is 5.10 Å². The number of rotatable bonds is 5. The molecule has 0 aliphatic heterocycles. The average molecular weight is 278 g/mol. The summed E-state index contributed by atoms with van der Waals surface area (Å²) in [6.45, 7) is 5.06. The molecule has 0 aromatic carbocycles. The van der Waals surface area contributed by atoms with Crippen molar-refractivity contribution < 1.29 is 0 Å². The zero-order valence-electron chi connectivity index (χ0n) is 13.5. The highest BCUT2D eigenvalue weighted by molar-refractivity contribution is 5.20. The second-order valence-corrected chi connectivity index (χ2v) is 6.34. The molecule has 1 aliphatic rings. The lowest BCUT2D eigenvalue weighted by molar-refractivity contribution is 0.121. The standard InChI is InChI=1S/C16H30N4/c1-5-13-6-8-14(9-7-13)20(4)16(10-17)15-11-19(3)18-12(15)2/h11,13-14,16H,5-10,17H2,1-4H3. The van der Waals surface area contributed by atoms with E-state index in [0.29, 0.717) is 18.6 Å². The molecule has 114 valence electrons. The molecule has 1 unspecified atom stereocenters. The van der Waals surface area contributed by atoms with Crippen LogP contribution in [0, 0.1) is 12.8 Å². The molecule has 4 nitrogen and oxygen atoms in total. The van der Waals surface area contributed by atoms with Gasteiger partial charge in [-0.15, -0.1) is 0 Å². The fraction of sp³-hybridized carbons (Fsp3) is 0.812. The van der Waals surface area contributed by atoms with Crippen molar-refractivity contribution in [2.24, 2.45) is 18.7 Å². The van der Waals surface area contributed by atoms with E-state index in [-0.39, 0.29) is 0 Å². The van der Waals surface area contributed by atoms with Crippen LogP contribution in [0.2, 0.25) is 0 Å². The third kappa shape index (κ3) is 3.23. The first kappa shape index (κ1) is 15.5. The number of aryl methyl sites for hydroxylation is 2. The maximum Gasteiger partial charge on any atom is 0.0641 e. The summed E-state index contributed by atoms with van der Waals surface area (Å²) in [7, 11) is 4.22. The van der Waals surface area contributed by atoms with E-state index in [9.17, 15) is 0 Å². The molecule has 1 atom stereocenters. The largest absolute Gasteiger partial charge is 0.329 e. The van der Waals surface area contributed by atoms with Gasteiger partial charge in [0.15, 0.2) is 0 Å². The molecular formula is C16H30N4. The maximum absolute atomic E-state index is 6.07. The molecule has 1 aliphatic carbocycles. The third-order valence-electron chi connectivity index (χ3n) is 5.09. The predicted molar refractivity (Wildman–Crippen MR) is 83.5 cm³/mol. The van der Waals surface area contributed by atoms with Gasteiger partial charge in [0.25, 0.3) is 0 Å². The summed E-state index contributed by atoms with van der Waals surface area (Å²) >= 11 is 0. The molecule has 0 radical (unpaired) electrons. The minimum absolute atomic E-state index is 0.298. The van der Waals surface area contributed by atoms with Crippen molar-refractivity contribution >= 4 is 0 Å². The molecule has 0 saturated heterocycles. The van der Waals surface area contributed by atoms with Crippen LogP contribution in [0.15, 0.2) is 6.20 Å². The normalized spacial score (nSPS) is 25.1. The molecule has 0 spiro atoms. The second-order valence-electron chi connectivity index (χ2n) is 6.34. The number of hydrogen-bond acceptors (Lipinski definition) is 3. The Kier molecular flexibility index (Phi) is 5.22. The topological polar surface area (TPSA) is 47.1 Å². The van der Waals surface area contributed by atoms with E-state index in [1.165, 1.54) is 37.7 Å². The van der Waals surface area contributed by atoms with Crippen molar-refractivity contribution in [3.05, 3.63) is 17.5 Å². The molecule has 4 heteroatoms. The fourth-order valence-electron chi connectivity index (χ4n) is 3.67. The van der Waals surface area contributed by atoms with E-state index in [1.807, 2.05) is 11.7 Å². The highest BCUT2D eigenvalue weighted by atomic mass is 15.3. The number of aromatic nitrogens is 2. The van der Waals surface area contributed by atoms with Crippen LogP contribution in [-0.2, 0) is 7.05 Å². The van der Waals surface area contributed by atoms with Crippen LogP contribution in [0.4, 0.5) is 0 Å². The molecular weight excluding hydrogens is 248 g/mol. The van der Waals surface area contributed by atoms with E-state index < -0.39 is 0 Å². The first-order valence-electron chi connectivity index (χ1n) is 7.98. The Labute approximate surface area is 123 Å². The van der Waals surface area contributed by atoms with Crippen LogP contribution < -0.4 is 5.73 Å². The summed E-state index contributed by atoms with van der Waals surface area (Å²) in [6, 6.07) is 0.970. The van der Waals surface area contributed by atoms with Crippen molar-refractivity contribution in [1.82, 2.24) is 14.7 Å². The lowest BCUT2D eigenvalue weighted by Gasteiger charge is -2.38. The molecule has 1 aromatic rings. The van der Waals surface area contributed by atoms with Crippen LogP contribution in [0.25, 0.3) is 0 Å². The third-order valence-corrected chi connectivity index (χ3v) is 5.09. The van der Waals surface area contributed by atoms with Gasteiger partial charge in [-0.05, 0) is 45.6 Å². The Hall–Kier alpha value is -0.870. The highest BCUT2D eigenvalue weighted by Crippen LogP contribution is 2.33. The Morgan fingerprint density at radius 1 is 1.40 bits per heavy atom. The van der Waals surface area contributed by atoms with Gasteiger partial charge in [-0.25, -0.2) is 0 Å². The SMILES string of the molecule is CCC1CCC(N(C)C(CN)c2cn(C)nc2C)CC1. The maximum atomic E-state index is 6.07. The molecule has 20 heavy (non-hydrogen) atoms. The first-order chi connectivity index (χ1) is 9.56. The van der Waals surface area contributed by atoms with Crippen LogP contribution in [0.1, 0.15) is 56.3 Å². The summed E-state index contributed by atoms with van der Waals surface area (Å²) in [5.74, 6) is 0.941. The number of hydrogen-bond donors (Lipinski definition) is 1. The molecule has 2 rings (SSSR count). The van der Waals surface area contributed by atoms with Gasteiger partial charge in [0.1, 0.15) is 0 Å². The number of nitrogens with zero attached hydrogens (tertiary/aromatic N) is 3. The Morgan fingerprint density at radius 2 is 2.05 bits per heavy atom. The van der Waals surface area contributed by atoms with Gasteiger partial charge < -0.3 is 5.73 Å². The van der Waals surface area contributed by atoms with Crippen LogP contribution in [0.3, 0.4) is 0 Å². The first-order valence-corrected chi connectivity index (χ1v) is 7.98. The van der Waals surface area contributed by atoms with E-state index in [4.69, 9.17) is 5.73 Å². The van der Waals surface area contributed by atoms with E-state index in [1.54, 1.807) is 0 Å². The summed E-state index contributed by atoms with van der Waals surface area (Å²) in [6.07, 6.45) is 8.82. The smallest absolute Gasteiger partial charge is 0.0641 e. The van der Waals surface area contributed by atoms with Crippen molar-refractivity contribution in [1.29, 1.82) is 0 Å². The minimum Gasteiger partial charge on any atom is -0.329 e. The second kappa shape index (κ2) is 6.72. The molecule has 0 amide bonds. The van der Waals surface area contributed by atoms with Gasteiger partial charge in [-0.3, -0.25) is 9.58 Å². The zero-order chi connectivity index (χ0) is 14.7. The molecule has 1 fully saturated rings. The van der Waals surface area contributed by atoms with Crippen molar-refractivity contribution in [2.75, 3.05) is 13.6 Å². The Balaban J connectivity index is 2.06. The average Bonchev–Trinajstić information content (AvgIpc) is 2.78. The van der Waals surface area contributed by atoms with E-state index in [2.05, 4.69) is 37.1 Å². The Bertz CT molecular complexity index is 418. The van der Waals surface area contributed by atoms with Gasteiger partial charge in [-0.1, -0.05) is 13.3 Å². The van der Waals surface area contributed by atoms with Crippen LogP contribution in [-0.4, -0.2) is 34.3 Å². The molecule has 1 aromatic heterocycles. The summed E-state index contributed by atoms with van der Waals surface area (Å²) < 4.78 is 1.90. The van der Waals surface area contributed by atoms with Crippen molar-refractivity contribution in [3.63, 3.8) is 0 Å². The van der Waals surface area contributed by atoms with Gasteiger partial charge in [0, 0.05) is 31.4 Å². The van der Waals surface area contributed by atoms with Crippen molar-refractivity contribution in [2.45, 2.75) is 58.0 Å². The van der Waals surface area contributed by atoms with Crippen LogP contribution >= 0.6 is 0 Å². The number of likely N-dealkylation sites (N-methyl/N-ethyl adjacent to an activating group) is 1. The van der Waals surface area contributed by atoms with Gasteiger partial charge >= 0.3 is 0 Å².